The monoisotopic (exact) mass is 263 g/mol. The van der Waals surface area contributed by atoms with E-state index in [1.807, 2.05) is 0 Å². The van der Waals surface area contributed by atoms with E-state index in [-0.39, 0.29) is 0 Å². The number of benzene rings is 1. The van der Waals surface area contributed by atoms with E-state index in [1.165, 1.54) is 5.56 Å². The second-order valence-electron chi connectivity index (χ2n) is 6.94. The van der Waals surface area contributed by atoms with Gasteiger partial charge in [0.15, 0.2) is 0 Å². The van der Waals surface area contributed by atoms with Gasteiger partial charge in [-0.1, -0.05) is 46.8 Å². The summed E-state index contributed by atoms with van der Waals surface area (Å²) in [7, 11) is 0. The second kappa shape index (κ2) is 6.95. The van der Waals surface area contributed by atoms with Crippen LogP contribution < -0.4 is 10.1 Å². The van der Waals surface area contributed by atoms with Crippen molar-refractivity contribution in [2.75, 3.05) is 13.2 Å². The fourth-order valence-electron chi connectivity index (χ4n) is 1.69. The highest BCUT2D eigenvalue weighted by molar-refractivity contribution is 5.28. The van der Waals surface area contributed by atoms with Crippen molar-refractivity contribution in [3.63, 3.8) is 0 Å². The van der Waals surface area contributed by atoms with Crippen LogP contribution >= 0.6 is 0 Å². The van der Waals surface area contributed by atoms with Gasteiger partial charge in [-0.2, -0.15) is 0 Å². The van der Waals surface area contributed by atoms with Gasteiger partial charge in [-0.05, 0) is 36.0 Å². The first-order chi connectivity index (χ1) is 8.78. The Morgan fingerprint density at radius 1 is 1.05 bits per heavy atom. The molecule has 0 radical (unpaired) electrons. The first kappa shape index (κ1) is 16.0. The van der Waals surface area contributed by atoms with Gasteiger partial charge in [0.05, 0.1) is 6.61 Å². The highest BCUT2D eigenvalue weighted by atomic mass is 16.5. The maximum absolute atomic E-state index is 5.70. The molecule has 2 nitrogen and oxygen atoms in total. The molecule has 0 aliphatic carbocycles. The number of rotatable bonds is 6. The molecule has 0 spiro atoms. The SMILES string of the molecule is CC(C)COc1ccc(C(C)NCC(C)(C)C)cc1. The van der Waals surface area contributed by atoms with Crippen molar-refractivity contribution in [1.29, 1.82) is 0 Å². The molecule has 0 aliphatic rings. The number of nitrogens with one attached hydrogen (secondary N) is 1. The molecular formula is C17H29NO. The lowest BCUT2D eigenvalue weighted by Gasteiger charge is -2.23. The summed E-state index contributed by atoms with van der Waals surface area (Å²) in [5, 5.41) is 3.57. The van der Waals surface area contributed by atoms with Gasteiger partial charge in [-0.25, -0.2) is 0 Å². The summed E-state index contributed by atoms with van der Waals surface area (Å²) >= 11 is 0. The Balaban J connectivity index is 2.51. The molecule has 108 valence electrons. The van der Waals surface area contributed by atoms with Gasteiger partial charge in [0.1, 0.15) is 5.75 Å². The Hall–Kier alpha value is -1.02. The molecule has 0 fully saturated rings. The van der Waals surface area contributed by atoms with Crippen molar-refractivity contribution in [2.45, 2.75) is 47.6 Å². The molecule has 1 N–H and O–H groups in total. The predicted octanol–water partition coefficient (Wildman–Crippen LogP) is 4.42. The smallest absolute Gasteiger partial charge is 0.119 e. The van der Waals surface area contributed by atoms with Gasteiger partial charge in [0.25, 0.3) is 0 Å². The van der Waals surface area contributed by atoms with Crippen LogP contribution in [-0.2, 0) is 0 Å². The predicted molar refractivity (Wildman–Crippen MR) is 82.6 cm³/mol. The van der Waals surface area contributed by atoms with E-state index in [1.54, 1.807) is 0 Å². The molecule has 0 aliphatic heterocycles. The quantitative estimate of drug-likeness (QED) is 0.820. The second-order valence-corrected chi connectivity index (χ2v) is 6.94. The molecule has 1 rings (SSSR count). The lowest BCUT2D eigenvalue weighted by Crippen LogP contribution is -2.29. The zero-order valence-electron chi connectivity index (χ0n) is 13.3. The van der Waals surface area contributed by atoms with Crippen LogP contribution in [-0.4, -0.2) is 13.2 Å². The molecule has 1 unspecified atom stereocenters. The highest BCUT2D eigenvalue weighted by Gasteiger charge is 2.12. The van der Waals surface area contributed by atoms with E-state index < -0.39 is 0 Å². The third-order valence-corrected chi connectivity index (χ3v) is 2.90. The van der Waals surface area contributed by atoms with Crippen LogP contribution in [0.25, 0.3) is 0 Å². The summed E-state index contributed by atoms with van der Waals surface area (Å²) in [6.07, 6.45) is 0. The maximum Gasteiger partial charge on any atom is 0.119 e. The van der Waals surface area contributed by atoms with E-state index >= 15 is 0 Å². The number of hydrogen-bond acceptors (Lipinski definition) is 2. The van der Waals surface area contributed by atoms with Crippen molar-refractivity contribution in [3.05, 3.63) is 29.8 Å². The van der Waals surface area contributed by atoms with Crippen LogP contribution in [0.15, 0.2) is 24.3 Å². The summed E-state index contributed by atoms with van der Waals surface area (Å²) in [4.78, 5) is 0. The fraction of sp³-hybridized carbons (Fsp3) is 0.647. The van der Waals surface area contributed by atoms with Crippen LogP contribution in [0.2, 0.25) is 0 Å². The molecule has 1 aromatic carbocycles. The van der Waals surface area contributed by atoms with E-state index in [0.717, 1.165) is 18.9 Å². The zero-order chi connectivity index (χ0) is 14.5. The number of hydrogen-bond donors (Lipinski definition) is 1. The average molecular weight is 263 g/mol. The first-order valence-electron chi connectivity index (χ1n) is 7.24. The lowest BCUT2D eigenvalue weighted by molar-refractivity contribution is 0.271. The Labute approximate surface area is 118 Å². The Kier molecular flexibility index (Phi) is 5.86. The average Bonchev–Trinajstić information content (AvgIpc) is 2.33. The van der Waals surface area contributed by atoms with Gasteiger partial charge in [0, 0.05) is 12.6 Å². The third kappa shape index (κ3) is 6.63. The molecule has 0 saturated carbocycles. The van der Waals surface area contributed by atoms with Crippen molar-refractivity contribution in [1.82, 2.24) is 5.32 Å². The van der Waals surface area contributed by atoms with Crippen LogP contribution in [0.3, 0.4) is 0 Å². The van der Waals surface area contributed by atoms with E-state index in [9.17, 15) is 0 Å². The zero-order valence-corrected chi connectivity index (χ0v) is 13.3. The molecule has 1 aromatic rings. The lowest BCUT2D eigenvalue weighted by atomic mass is 9.96. The minimum Gasteiger partial charge on any atom is -0.493 e. The molecule has 0 bridgehead atoms. The molecule has 1 atom stereocenters. The minimum atomic E-state index is 0.314. The number of ether oxygens (including phenoxy) is 1. The Morgan fingerprint density at radius 3 is 2.11 bits per heavy atom. The van der Waals surface area contributed by atoms with Gasteiger partial charge in [-0.3, -0.25) is 0 Å². The normalized spacial score (nSPS) is 13.6. The molecule has 0 aromatic heterocycles. The maximum atomic E-state index is 5.70. The van der Waals surface area contributed by atoms with E-state index in [2.05, 4.69) is 71.1 Å². The molecule has 2 heteroatoms. The molecule has 0 amide bonds. The molecule has 0 heterocycles. The summed E-state index contributed by atoms with van der Waals surface area (Å²) in [5.74, 6) is 1.52. The van der Waals surface area contributed by atoms with E-state index in [0.29, 0.717) is 17.4 Å². The summed E-state index contributed by atoms with van der Waals surface area (Å²) in [6.45, 7) is 15.0. The molecular weight excluding hydrogens is 234 g/mol. The topological polar surface area (TPSA) is 21.3 Å². The first-order valence-corrected chi connectivity index (χ1v) is 7.24. The standard InChI is InChI=1S/C17H29NO/c1-13(2)11-19-16-9-7-15(8-10-16)14(3)18-12-17(4,5)6/h7-10,13-14,18H,11-12H2,1-6H3. The summed E-state index contributed by atoms with van der Waals surface area (Å²) < 4.78 is 5.70. The van der Waals surface area contributed by atoms with Crippen LogP contribution in [0.4, 0.5) is 0 Å². The van der Waals surface area contributed by atoms with Crippen molar-refractivity contribution >= 4 is 0 Å². The van der Waals surface area contributed by atoms with Crippen LogP contribution in [0, 0.1) is 11.3 Å². The van der Waals surface area contributed by atoms with Crippen LogP contribution in [0.1, 0.15) is 53.1 Å². The third-order valence-electron chi connectivity index (χ3n) is 2.90. The van der Waals surface area contributed by atoms with Crippen molar-refractivity contribution in [3.8, 4) is 5.75 Å². The van der Waals surface area contributed by atoms with Crippen molar-refractivity contribution < 1.29 is 4.74 Å². The Morgan fingerprint density at radius 2 is 1.63 bits per heavy atom. The summed E-state index contributed by atoms with van der Waals surface area (Å²) in [5.41, 5.74) is 1.62. The van der Waals surface area contributed by atoms with Crippen LogP contribution in [0.5, 0.6) is 5.75 Å². The largest absolute Gasteiger partial charge is 0.493 e. The van der Waals surface area contributed by atoms with Gasteiger partial charge >= 0.3 is 0 Å². The summed E-state index contributed by atoms with van der Waals surface area (Å²) in [6, 6.07) is 8.80. The Bertz CT molecular complexity index is 362. The van der Waals surface area contributed by atoms with Gasteiger partial charge in [-0.15, -0.1) is 0 Å². The minimum absolute atomic E-state index is 0.314. The van der Waals surface area contributed by atoms with E-state index in [4.69, 9.17) is 4.74 Å². The van der Waals surface area contributed by atoms with Gasteiger partial charge < -0.3 is 10.1 Å². The highest BCUT2D eigenvalue weighted by Crippen LogP contribution is 2.19. The fourth-order valence-corrected chi connectivity index (χ4v) is 1.69. The van der Waals surface area contributed by atoms with Gasteiger partial charge in [0.2, 0.25) is 0 Å². The molecule has 0 saturated heterocycles. The molecule has 19 heavy (non-hydrogen) atoms. The van der Waals surface area contributed by atoms with Crippen molar-refractivity contribution in [2.24, 2.45) is 11.3 Å².